The number of hydrogen-bond acceptors (Lipinski definition) is 6. The SMILES string of the molecule is Cc1nc(C(=O)N2C[C@H]3CCC[C@@]3(COc3cccnc3)C2)cs1.O=C(O)C(F)(F)F. The molecule has 1 amide bonds. The zero-order valence-corrected chi connectivity index (χ0v) is 17.6. The van der Waals surface area contributed by atoms with Gasteiger partial charge in [-0.05, 0) is 37.8 Å². The number of carboxylic acid groups (broad SMARTS) is 1. The van der Waals surface area contributed by atoms with E-state index >= 15 is 0 Å². The summed E-state index contributed by atoms with van der Waals surface area (Å²) in [6.45, 7) is 4.19. The van der Waals surface area contributed by atoms with E-state index in [1.165, 1.54) is 24.2 Å². The molecule has 2 aromatic rings. The molecule has 31 heavy (non-hydrogen) atoms. The fourth-order valence-corrected chi connectivity index (χ4v) is 4.67. The molecule has 0 unspecified atom stereocenters. The van der Waals surface area contributed by atoms with Gasteiger partial charge in [-0.15, -0.1) is 11.3 Å². The number of nitrogens with zero attached hydrogens (tertiary/aromatic N) is 3. The second-order valence-corrected chi connectivity index (χ2v) is 8.73. The van der Waals surface area contributed by atoms with Gasteiger partial charge in [0.05, 0.1) is 17.8 Å². The molecule has 1 aliphatic carbocycles. The highest BCUT2D eigenvalue weighted by atomic mass is 32.1. The molecule has 0 spiro atoms. The number of carbonyl (C=O) groups is 2. The molecule has 0 aromatic carbocycles. The lowest BCUT2D eigenvalue weighted by atomic mass is 9.81. The summed E-state index contributed by atoms with van der Waals surface area (Å²) < 4.78 is 37.8. The number of likely N-dealkylation sites (tertiary alicyclic amines) is 1. The summed E-state index contributed by atoms with van der Waals surface area (Å²) in [6.07, 6.45) is 1.93. The van der Waals surface area contributed by atoms with E-state index < -0.39 is 12.1 Å². The van der Waals surface area contributed by atoms with E-state index in [0.717, 1.165) is 30.3 Å². The Labute approximate surface area is 180 Å². The summed E-state index contributed by atoms with van der Waals surface area (Å²) in [5.41, 5.74) is 0.664. The van der Waals surface area contributed by atoms with Gasteiger partial charge in [-0.2, -0.15) is 13.2 Å². The molecular formula is C20H22F3N3O4S. The van der Waals surface area contributed by atoms with Crippen molar-refractivity contribution in [2.24, 2.45) is 11.3 Å². The van der Waals surface area contributed by atoms with Gasteiger partial charge in [0, 0.05) is 30.1 Å². The first-order valence-corrected chi connectivity index (χ1v) is 10.5. The van der Waals surface area contributed by atoms with Crippen molar-refractivity contribution < 1.29 is 32.6 Å². The number of hydrogen-bond donors (Lipinski definition) is 1. The lowest BCUT2D eigenvalue weighted by Gasteiger charge is -2.28. The largest absolute Gasteiger partial charge is 0.491 e. The van der Waals surface area contributed by atoms with E-state index in [1.54, 1.807) is 12.4 Å². The third-order valence-corrected chi connectivity index (χ3v) is 6.34. The van der Waals surface area contributed by atoms with Crippen molar-refractivity contribution in [1.82, 2.24) is 14.9 Å². The molecule has 2 fully saturated rings. The van der Waals surface area contributed by atoms with Gasteiger partial charge < -0.3 is 14.7 Å². The number of ether oxygens (including phenoxy) is 1. The number of alkyl halides is 3. The Bertz CT molecular complexity index is 922. The van der Waals surface area contributed by atoms with Crippen LogP contribution in [0.25, 0.3) is 0 Å². The van der Waals surface area contributed by atoms with E-state index in [9.17, 15) is 18.0 Å². The van der Waals surface area contributed by atoms with E-state index in [1.807, 2.05) is 29.3 Å². The Kier molecular flexibility index (Phi) is 6.83. The van der Waals surface area contributed by atoms with Crippen LogP contribution in [0.1, 0.15) is 34.8 Å². The van der Waals surface area contributed by atoms with Crippen LogP contribution in [-0.4, -0.2) is 57.7 Å². The molecular weight excluding hydrogens is 435 g/mol. The summed E-state index contributed by atoms with van der Waals surface area (Å²) in [7, 11) is 0. The van der Waals surface area contributed by atoms with Crippen LogP contribution in [0.15, 0.2) is 29.9 Å². The van der Waals surface area contributed by atoms with Crippen molar-refractivity contribution in [2.75, 3.05) is 19.7 Å². The van der Waals surface area contributed by atoms with E-state index in [2.05, 4.69) is 9.97 Å². The number of rotatable bonds is 4. The number of halogens is 3. The van der Waals surface area contributed by atoms with Crippen molar-refractivity contribution in [3.8, 4) is 5.75 Å². The fraction of sp³-hybridized carbons (Fsp3) is 0.500. The van der Waals surface area contributed by atoms with E-state index in [0.29, 0.717) is 18.2 Å². The summed E-state index contributed by atoms with van der Waals surface area (Å²) in [4.78, 5) is 32.1. The first-order valence-electron chi connectivity index (χ1n) is 9.65. The Morgan fingerprint density at radius 3 is 2.74 bits per heavy atom. The molecule has 3 heterocycles. The van der Waals surface area contributed by atoms with Crippen molar-refractivity contribution >= 4 is 23.2 Å². The van der Waals surface area contributed by atoms with Crippen LogP contribution < -0.4 is 4.74 Å². The molecule has 0 bridgehead atoms. The summed E-state index contributed by atoms with van der Waals surface area (Å²) in [5, 5.41) is 9.93. The van der Waals surface area contributed by atoms with E-state index in [-0.39, 0.29) is 11.3 Å². The number of fused-ring (bicyclic) bond motifs is 1. The van der Waals surface area contributed by atoms with Gasteiger partial charge in [-0.25, -0.2) is 9.78 Å². The van der Waals surface area contributed by atoms with Crippen LogP contribution in [0.3, 0.4) is 0 Å². The molecule has 2 aromatic heterocycles. The number of amides is 1. The first kappa shape index (κ1) is 23.0. The summed E-state index contributed by atoms with van der Waals surface area (Å²) in [6, 6.07) is 3.82. The Morgan fingerprint density at radius 2 is 2.16 bits per heavy atom. The van der Waals surface area contributed by atoms with Crippen LogP contribution >= 0.6 is 11.3 Å². The minimum absolute atomic E-state index is 0.0644. The minimum Gasteiger partial charge on any atom is -0.491 e. The fourth-order valence-electron chi connectivity index (χ4n) is 4.09. The van der Waals surface area contributed by atoms with Gasteiger partial charge in [-0.1, -0.05) is 6.42 Å². The van der Waals surface area contributed by atoms with Gasteiger partial charge in [0.2, 0.25) is 0 Å². The zero-order valence-electron chi connectivity index (χ0n) is 16.8. The number of aromatic nitrogens is 2. The van der Waals surface area contributed by atoms with Gasteiger partial charge in [0.1, 0.15) is 11.4 Å². The zero-order chi connectivity index (χ0) is 22.6. The van der Waals surface area contributed by atoms with Crippen LogP contribution in [0.4, 0.5) is 13.2 Å². The predicted octanol–water partition coefficient (Wildman–Crippen LogP) is 3.80. The van der Waals surface area contributed by atoms with Gasteiger partial charge in [-0.3, -0.25) is 9.78 Å². The molecule has 2 aliphatic rings. The normalized spacial score (nSPS) is 22.5. The Morgan fingerprint density at radius 1 is 1.42 bits per heavy atom. The maximum atomic E-state index is 12.7. The van der Waals surface area contributed by atoms with Crippen molar-refractivity contribution in [1.29, 1.82) is 0 Å². The second kappa shape index (κ2) is 9.21. The maximum Gasteiger partial charge on any atom is 0.490 e. The van der Waals surface area contributed by atoms with E-state index in [4.69, 9.17) is 14.6 Å². The first-order chi connectivity index (χ1) is 14.6. The molecule has 11 heteroatoms. The van der Waals surface area contributed by atoms with Crippen molar-refractivity contribution in [3.63, 3.8) is 0 Å². The minimum atomic E-state index is -5.08. The van der Waals surface area contributed by atoms with Crippen LogP contribution in [0.2, 0.25) is 0 Å². The lowest BCUT2D eigenvalue weighted by molar-refractivity contribution is -0.192. The van der Waals surface area contributed by atoms with Crippen LogP contribution in [0.5, 0.6) is 5.75 Å². The second-order valence-electron chi connectivity index (χ2n) is 7.67. The van der Waals surface area contributed by atoms with Crippen LogP contribution in [0, 0.1) is 18.3 Å². The monoisotopic (exact) mass is 457 g/mol. The molecule has 168 valence electrons. The number of thiazole rings is 1. The summed E-state index contributed by atoms with van der Waals surface area (Å²) >= 11 is 1.53. The average Bonchev–Trinajstić information content (AvgIpc) is 3.40. The molecule has 0 radical (unpaired) electrons. The van der Waals surface area contributed by atoms with Gasteiger partial charge in [0.25, 0.3) is 5.91 Å². The number of carboxylic acids is 1. The number of aliphatic carboxylic acids is 1. The molecule has 4 rings (SSSR count). The molecule has 1 saturated carbocycles. The van der Waals surface area contributed by atoms with Crippen molar-refractivity contribution in [3.05, 3.63) is 40.6 Å². The highest BCUT2D eigenvalue weighted by Crippen LogP contribution is 2.49. The molecule has 7 nitrogen and oxygen atoms in total. The number of aryl methyl sites for hydroxylation is 1. The summed E-state index contributed by atoms with van der Waals surface area (Å²) in [5.74, 6) is -1.36. The standard InChI is InChI=1S/C18H21N3O2S.C2HF3O2/c1-13-20-16(10-24-13)17(22)21-9-14-4-2-6-18(14,11-21)12-23-15-5-3-7-19-8-15;3-2(4,5)1(6)7/h3,5,7-8,10,14H,2,4,6,9,11-12H2,1H3;(H,6,7)/t14-,18+;/m1./s1. The Balaban J connectivity index is 0.000000339. The third kappa shape index (κ3) is 5.52. The Hall–Kier alpha value is -2.69. The highest BCUT2D eigenvalue weighted by Gasteiger charge is 2.51. The molecule has 1 N–H and O–H groups in total. The van der Waals surface area contributed by atoms with Crippen molar-refractivity contribution in [2.45, 2.75) is 32.4 Å². The molecule has 1 saturated heterocycles. The topological polar surface area (TPSA) is 92.6 Å². The predicted molar refractivity (Wildman–Crippen MR) is 106 cm³/mol. The van der Waals surface area contributed by atoms with Gasteiger partial charge >= 0.3 is 12.1 Å². The van der Waals surface area contributed by atoms with Crippen LogP contribution in [-0.2, 0) is 4.79 Å². The number of carbonyl (C=O) groups excluding carboxylic acids is 1. The smallest absolute Gasteiger partial charge is 0.490 e. The molecule has 1 aliphatic heterocycles. The lowest BCUT2D eigenvalue weighted by Crippen LogP contribution is -2.35. The average molecular weight is 457 g/mol. The maximum absolute atomic E-state index is 12.7. The molecule has 2 atom stereocenters. The third-order valence-electron chi connectivity index (χ3n) is 5.57. The quantitative estimate of drug-likeness (QED) is 0.751. The number of pyridine rings is 1. The van der Waals surface area contributed by atoms with Gasteiger partial charge in [0.15, 0.2) is 0 Å². The highest BCUT2D eigenvalue weighted by molar-refractivity contribution is 7.09.